The quantitative estimate of drug-likeness (QED) is 0.722. The van der Waals surface area contributed by atoms with Gasteiger partial charge in [-0.1, -0.05) is 17.7 Å². The minimum atomic E-state index is 0.0532. The van der Waals surface area contributed by atoms with Crippen LogP contribution in [0.4, 0.5) is 0 Å². The summed E-state index contributed by atoms with van der Waals surface area (Å²) in [5, 5.41) is 1.99. The highest BCUT2D eigenvalue weighted by Crippen LogP contribution is 2.21. The standard InChI is InChI=1S/C17H18N2OS/c1-10-5-11(2)14(12(3)6-10)7-19-9-18-15-13(4)8-21-16(15)17(19)20/h5-6,8-9H,7H2,1-4H3. The van der Waals surface area contributed by atoms with Gasteiger partial charge in [0.05, 0.1) is 18.4 Å². The van der Waals surface area contributed by atoms with Gasteiger partial charge >= 0.3 is 0 Å². The molecule has 0 amide bonds. The Morgan fingerprint density at radius 1 is 1.10 bits per heavy atom. The van der Waals surface area contributed by atoms with Gasteiger partial charge in [0.2, 0.25) is 0 Å². The second-order valence-corrected chi connectivity index (χ2v) is 6.53. The molecular formula is C17H18N2OS. The van der Waals surface area contributed by atoms with Crippen LogP contribution in [0, 0.1) is 27.7 Å². The summed E-state index contributed by atoms with van der Waals surface area (Å²) in [6, 6.07) is 4.32. The van der Waals surface area contributed by atoms with Crippen molar-refractivity contribution in [2.24, 2.45) is 0 Å². The number of aromatic nitrogens is 2. The first-order valence-electron chi connectivity index (χ1n) is 6.97. The summed E-state index contributed by atoms with van der Waals surface area (Å²) < 4.78 is 2.46. The fourth-order valence-corrected chi connectivity index (χ4v) is 3.75. The molecule has 0 atom stereocenters. The number of thiophene rings is 1. The Balaban J connectivity index is 2.11. The number of benzene rings is 1. The maximum atomic E-state index is 12.6. The minimum absolute atomic E-state index is 0.0532. The Morgan fingerprint density at radius 3 is 2.43 bits per heavy atom. The predicted molar refractivity (Wildman–Crippen MR) is 88.4 cm³/mol. The molecule has 21 heavy (non-hydrogen) atoms. The minimum Gasteiger partial charge on any atom is -0.294 e. The van der Waals surface area contributed by atoms with E-state index in [1.54, 1.807) is 10.9 Å². The molecule has 3 nitrogen and oxygen atoms in total. The van der Waals surface area contributed by atoms with Gasteiger partial charge < -0.3 is 0 Å². The Kier molecular flexibility index (Phi) is 3.41. The summed E-state index contributed by atoms with van der Waals surface area (Å²) >= 11 is 1.48. The zero-order valence-electron chi connectivity index (χ0n) is 12.7. The summed E-state index contributed by atoms with van der Waals surface area (Å²) in [5.41, 5.74) is 6.86. The van der Waals surface area contributed by atoms with Crippen LogP contribution >= 0.6 is 11.3 Å². The first-order chi connectivity index (χ1) is 9.97. The summed E-state index contributed by atoms with van der Waals surface area (Å²) in [4.78, 5) is 17.0. The third-order valence-corrected chi connectivity index (χ3v) is 4.97. The van der Waals surface area contributed by atoms with Gasteiger partial charge in [0, 0.05) is 0 Å². The topological polar surface area (TPSA) is 34.9 Å². The third-order valence-electron chi connectivity index (χ3n) is 3.89. The molecule has 0 saturated heterocycles. The van der Waals surface area contributed by atoms with E-state index in [0.717, 1.165) is 15.8 Å². The first kappa shape index (κ1) is 14.0. The van der Waals surface area contributed by atoms with Crippen molar-refractivity contribution in [2.75, 3.05) is 0 Å². The summed E-state index contributed by atoms with van der Waals surface area (Å²) in [7, 11) is 0. The number of nitrogens with zero attached hydrogens (tertiary/aromatic N) is 2. The Morgan fingerprint density at radius 2 is 1.76 bits per heavy atom. The summed E-state index contributed by atoms with van der Waals surface area (Å²) in [6.45, 7) is 8.86. The van der Waals surface area contributed by atoms with E-state index in [-0.39, 0.29) is 5.56 Å². The molecule has 3 rings (SSSR count). The molecule has 0 fully saturated rings. The average molecular weight is 298 g/mol. The average Bonchev–Trinajstić information content (AvgIpc) is 2.78. The van der Waals surface area contributed by atoms with Gasteiger partial charge in [0.25, 0.3) is 5.56 Å². The van der Waals surface area contributed by atoms with Crippen molar-refractivity contribution in [3.05, 3.63) is 62.0 Å². The summed E-state index contributed by atoms with van der Waals surface area (Å²) in [6.07, 6.45) is 1.67. The van der Waals surface area contributed by atoms with Gasteiger partial charge in [-0.05, 0) is 55.3 Å². The monoisotopic (exact) mass is 298 g/mol. The van der Waals surface area contributed by atoms with Gasteiger partial charge in [-0.2, -0.15) is 0 Å². The van der Waals surface area contributed by atoms with Gasteiger partial charge in [0.1, 0.15) is 4.70 Å². The molecule has 3 aromatic rings. The van der Waals surface area contributed by atoms with Crippen LogP contribution in [-0.2, 0) is 6.54 Å². The molecule has 2 aromatic heterocycles. The van der Waals surface area contributed by atoms with Gasteiger partial charge in [0.15, 0.2) is 0 Å². The Hall–Kier alpha value is -1.94. The third kappa shape index (κ3) is 2.40. The number of hydrogen-bond donors (Lipinski definition) is 0. The van der Waals surface area contributed by atoms with E-state index in [2.05, 4.69) is 37.9 Å². The Labute approximate surface area is 127 Å². The second-order valence-electron chi connectivity index (χ2n) is 5.65. The first-order valence-corrected chi connectivity index (χ1v) is 7.85. The van der Waals surface area contributed by atoms with Gasteiger partial charge in [-0.15, -0.1) is 11.3 Å². The molecule has 0 bridgehead atoms. The molecule has 0 aliphatic rings. The zero-order chi connectivity index (χ0) is 15.1. The van der Waals surface area contributed by atoms with Crippen molar-refractivity contribution in [3.63, 3.8) is 0 Å². The van der Waals surface area contributed by atoms with Gasteiger partial charge in [-0.3, -0.25) is 9.36 Å². The predicted octanol–water partition coefficient (Wildman–Crippen LogP) is 3.74. The van der Waals surface area contributed by atoms with Gasteiger partial charge in [-0.25, -0.2) is 4.98 Å². The molecule has 0 N–H and O–H groups in total. The van der Waals surface area contributed by atoms with Crippen LogP contribution in [0.25, 0.3) is 10.2 Å². The lowest BCUT2D eigenvalue weighted by atomic mass is 10.00. The van der Waals surface area contributed by atoms with Crippen molar-refractivity contribution in [2.45, 2.75) is 34.2 Å². The van der Waals surface area contributed by atoms with E-state index in [1.807, 2.05) is 12.3 Å². The van der Waals surface area contributed by atoms with Crippen molar-refractivity contribution in [1.82, 2.24) is 9.55 Å². The van der Waals surface area contributed by atoms with E-state index in [1.165, 1.54) is 33.6 Å². The summed E-state index contributed by atoms with van der Waals surface area (Å²) in [5.74, 6) is 0. The lowest BCUT2D eigenvalue weighted by Gasteiger charge is -2.12. The van der Waals surface area contributed by atoms with E-state index in [4.69, 9.17) is 0 Å². The van der Waals surface area contributed by atoms with Crippen molar-refractivity contribution in [1.29, 1.82) is 0 Å². The highest BCUT2D eigenvalue weighted by molar-refractivity contribution is 7.17. The second kappa shape index (κ2) is 5.11. The molecule has 0 radical (unpaired) electrons. The van der Waals surface area contributed by atoms with Crippen LogP contribution in [0.1, 0.15) is 27.8 Å². The fraction of sp³-hybridized carbons (Fsp3) is 0.294. The highest BCUT2D eigenvalue weighted by atomic mass is 32.1. The van der Waals surface area contributed by atoms with Crippen LogP contribution < -0.4 is 5.56 Å². The maximum absolute atomic E-state index is 12.6. The molecule has 1 aromatic carbocycles. The SMILES string of the molecule is Cc1cc(C)c(Cn2cnc3c(C)csc3c2=O)c(C)c1. The highest BCUT2D eigenvalue weighted by Gasteiger charge is 2.11. The molecule has 108 valence electrons. The molecule has 2 heterocycles. The molecule has 0 aliphatic heterocycles. The number of hydrogen-bond acceptors (Lipinski definition) is 3. The van der Waals surface area contributed by atoms with Crippen LogP contribution in [0.2, 0.25) is 0 Å². The smallest absolute Gasteiger partial charge is 0.271 e. The van der Waals surface area contributed by atoms with E-state index in [9.17, 15) is 4.79 Å². The number of aryl methyl sites for hydroxylation is 4. The van der Waals surface area contributed by atoms with Crippen LogP contribution in [0.3, 0.4) is 0 Å². The Bertz CT molecular complexity index is 866. The normalized spacial score (nSPS) is 11.2. The maximum Gasteiger partial charge on any atom is 0.271 e. The van der Waals surface area contributed by atoms with E-state index >= 15 is 0 Å². The zero-order valence-corrected chi connectivity index (χ0v) is 13.5. The molecule has 0 aliphatic carbocycles. The molecule has 0 saturated carbocycles. The lowest BCUT2D eigenvalue weighted by Crippen LogP contribution is -2.21. The van der Waals surface area contributed by atoms with Crippen molar-refractivity contribution < 1.29 is 0 Å². The van der Waals surface area contributed by atoms with E-state index in [0.29, 0.717) is 6.54 Å². The van der Waals surface area contributed by atoms with Crippen LogP contribution in [0.15, 0.2) is 28.6 Å². The number of fused-ring (bicyclic) bond motifs is 1. The van der Waals surface area contributed by atoms with Crippen molar-refractivity contribution >= 4 is 21.6 Å². The van der Waals surface area contributed by atoms with Crippen molar-refractivity contribution in [3.8, 4) is 0 Å². The molecule has 0 unspecified atom stereocenters. The fourth-order valence-electron chi connectivity index (χ4n) is 2.80. The largest absolute Gasteiger partial charge is 0.294 e. The van der Waals surface area contributed by atoms with Crippen LogP contribution in [-0.4, -0.2) is 9.55 Å². The molecule has 0 spiro atoms. The molecular weight excluding hydrogens is 280 g/mol. The van der Waals surface area contributed by atoms with Crippen LogP contribution in [0.5, 0.6) is 0 Å². The molecule has 4 heteroatoms. The number of rotatable bonds is 2. The van der Waals surface area contributed by atoms with E-state index < -0.39 is 0 Å². The lowest BCUT2D eigenvalue weighted by molar-refractivity contribution is 0.741.